The van der Waals surface area contributed by atoms with Crippen molar-refractivity contribution >= 4 is 29.7 Å². The molecule has 0 saturated heterocycles. The van der Waals surface area contributed by atoms with Crippen LogP contribution in [0.4, 0.5) is 0 Å². The lowest BCUT2D eigenvalue weighted by Gasteiger charge is -2.34. The predicted octanol–water partition coefficient (Wildman–Crippen LogP) is 7.22. The SMILES string of the molecule is COc1ccc([C@H](OC(=O)c2ccccc2)[C@@H](CCOC(=O)c2ccccc2)P(=O)(c2ccccc2)c2ccccc2)cc1. The predicted molar refractivity (Wildman–Crippen MR) is 172 cm³/mol. The summed E-state index contributed by atoms with van der Waals surface area (Å²) in [6.45, 7) is -0.0441. The van der Waals surface area contributed by atoms with Gasteiger partial charge in [-0.2, -0.15) is 0 Å². The Labute approximate surface area is 257 Å². The van der Waals surface area contributed by atoms with Gasteiger partial charge >= 0.3 is 11.9 Å². The summed E-state index contributed by atoms with van der Waals surface area (Å²) in [7, 11) is -1.98. The summed E-state index contributed by atoms with van der Waals surface area (Å²) in [6.07, 6.45) is -0.812. The van der Waals surface area contributed by atoms with Crippen LogP contribution in [0.2, 0.25) is 0 Å². The summed E-state index contributed by atoms with van der Waals surface area (Å²) in [5.74, 6) is -0.407. The van der Waals surface area contributed by atoms with E-state index in [4.69, 9.17) is 14.2 Å². The van der Waals surface area contributed by atoms with Crippen LogP contribution in [-0.2, 0) is 14.0 Å². The van der Waals surface area contributed by atoms with Crippen molar-refractivity contribution in [3.8, 4) is 5.75 Å². The first kappa shape index (κ1) is 30.5. The Morgan fingerprint density at radius 1 is 0.614 bits per heavy atom. The lowest BCUT2D eigenvalue weighted by atomic mass is 10.0. The van der Waals surface area contributed by atoms with Crippen LogP contribution in [0.1, 0.15) is 38.8 Å². The molecule has 0 aliphatic rings. The van der Waals surface area contributed by atoms with Crippen LogP contribution in [0.5, 0.6) is 5.75 Å². The third-order valence-corrected chi connectivity index (χ3v) is 11.0. The van der Waals surface area contributed by atoms with Gasteiger partial charge in [-0.25, -0.2) is 9.59 Å². The quantitative estimate of drug-likeness (QED) is 0.111. The van der Waals surface area contributed by atoms with Crippen molar-refractivity contribution in [2.75, 3.05) is 13.7 Å². The summed E-state index contributed by atoms with van der Waals surface area (Å²) < 4.78 is 33.2. The molecule has 2 atom stereocenters. The molecule has 0 N–H and O–H groups in total. The molecule has 5 aromatic rings. The minimum atomic E-state index is -3.55. The monoisotopic (exact) mass is 604 g/mol. The molecule has 0 fully saturated rings. The second kappa shape index (κ2) is 14.5. The van der Waals surface area contributed by atoms with E-state index in [9.17, 15) is 9.59 Å². The van der Waals surface area contributed by atoms with E-state index >= 15 is 4.57 Å². The smallest absolute Gasteiger partial charge is 0.338 e. The Morgan fingerprint density at radius 2 is 1.07 bits per heavy atom. The van der Waals surface area contributed by atoms with Crippen molar-refractivity contribution < 1.29 is 28.4 Å². The Kier molecular flexibility index (Phi) is 10.1. The molecule has 222 valence electrons. The lowest BCUT2D eigenvalue weighted by molar-refractivity contribution is 0.0244. The normalized spacial score (nSPS) is 12.5. The van der Waals surface area contributed by atoms with Crippen molar-refractivity contribution in [2.24, 2.45) is 0 Å². The molecule has 0 amide bonds. The van der Waals surface area contributed by atoms with E-state index in [1.807, 2.05) is 84.9 Å². The molecule has 0 unspecified atom stereocenters. The van der Waals surface area contributed by atoms with E-state index < -0.39 is 30.8 Å². The zero-order valence-electron chi connectivity index (χ0n) is 24.3. The average Bonchev–Trinajstić information content (AvgIpc) is 3.10. The molecular formula is C37H33O6P. The fourth-order valence-electron chi connectivity index (χ4n) is 5.20. The van der Waals surface area contributed by atoms with Crippen molar-refractivity contribution in [3.63, 3.8) is 0 Å². The molecule has 0 saturated carbocycles. The number of carbonyl (C=O) groups excluding carboxylic acids is 2. The Morgan fingerprint density at radius 3 is 1.55 bits per heavy atom. The zero-order valence-corrected chi connectivity index (χ0v) is 25.2. The highest BCUT2D eigenvalue weighted by Crippen LogP contribution is 2.55. The first-order valence-corrected chi connectivity index (χ1v) is 16.1. The largest absolute Gasteiger partial charge is 0.497 e. The third-order valence-electron chi connectivity index (χ3n) is 7.44. The van der Waals surface area contributed by atoms with Gasteiger partial charge in [0.25, 0.3) is 0 Å². The summed E-state index contributed by atoms with van der Waals surface area (Å²) in [5, 5.41) is 1.22. The lowest BCUT2D eigenvalue weighted by Crippen LogP contribution is -2.34. The molecule has 0 heterocycles. The van der Waals surface area contributed by atoms with Gasteiger partial charge in [-0.3, -0.25) is 0 Å². The second-order valence-electron chi connectivity index (χ2n) is 10.2. The van der Waals surface area contributed by atoms with Crippen molar-refractivity contribution in [2.45, 2.75) is 18.2 Å². The molecule has 6 nitrogen and oxygen atoms in total. The molecule has 0 bridgehead atoms. The highest BCUT2D eigenvalue weighted by atomic mass is 31.2. The van der Waals surface area contributed by atoms with Crippen LogP contribution < -0.4 is 15.3 Å². The summed E-state index contributed by atoms with van der Waals surface area (Å²) in [4.78, 5) is 26.5. The Hall–Kier alpha value is -4.93. The maximum absolute atomic E-state index is 15.8. The molecule has 7 heteroatoms. The van der Waals surface area contributed by atoms with Crippen LogP contribution in [0.3, 0.4) is 0 Å². The second-order valence-corrected chi connectivity index (χ2v) is 13.2. The molecule has 44 heavy (non-hydrogen) atoms. The van der Waals surface area contributed by atoms with Crippen LogP contribution >= 0.6 is 7.14 Å². The molecule has 0 spiro atoms. The fraction of sp³-hybridized carbons (Fsp3) is 0.135. The summed E-state index contributed by atoms with van der Waals surface area (Å²) >= 11 is 0. The van der Waals surface area contributed by atoms with Gasteiger partial charge in [0.15, 0.2) is 0 Å². The standard InChI is InChI=1S/C37H33O6P/c1-41-31-24-22-28(23-25-31)35(43-37(39)30-16-8-3-9-17-30)34(26-27-42-36(38)29-14-6-2-7-15-29)44(40,32-18-10-4-11-19-32)33-20-12-5-13-21-33/h2-25,34-35H,26-27H2,1H3/t34-,35+/m1/s1. The maximum atomic E-state index is 15.8. The number of hydrogen-bond acceptors (Lipinski definition) is 6. The molecule has 0 aromatic heterocycles. The third kappa shape index (κ3) is 6.99. The number of hydrogen-bond donors (Lipinski definition) is 0. The summed E-state index contributed by atoms with van der Waals surface area (Å²) in [6, 6.07) is 43.0. The van der Waals surface area contributed by atoms with Gasteiger partial charge in [-0.15, -0.1) is 0 Å². The van der Waals surface area contributed by atoms with Crippen LogP contribution in [0.25, 0.3) is 0 Å². The van der Waals surface area contributed by atoms with Crippen molar-refractivity contribution in [1.29, 1.82) is 0 Å². The van der Waals surface area contributed by atoms with E-state index in [2.05, 4.69) is 0 Å². The van der Waals surface area contributed by atoms with E-state index in [-0.39, 0.29) is 13.0 Å². The first-order chi connectivity index (χ1) is 21.5. The molecule has 5 rings (SSSR count). The van der Waals surface area contributed by atoms with Gasteiger partial charge in [0, 0.05) is 10.6 Å². The number of benzene rings is 5. The number of rotatable bonds is 12. The maximum Gasteiger partial charge on any atom is 0.338 e. The van der Waals surface area contributed by atoms with Gasteiger partial charge < -0.3 is 18.8 Å². The van der Waals surface area contributed by atoms with Gasteiger partial charge in [0.2, 0.25) is 0 Å². The van der Waals surface area contributed by atoms with Crippen LogP contribution in [0, 0.1) is 0 Å². The number of esters is 2. The minimum absolute atomic E-state index is 0.0441. The van der Waals surface area contributed by atoms with Crippen molar-refractivity contribution in [1.82, 2.24) is 0 Å². The van der Waals surface area contributed by atoms with Crippen LogP contribution in [0.15, 0.2) is 146 Å². The van der Waals surface area contributed by atoms with E-state index in [1.165, 1.54) is 0 Å². The van der Waals surface area contributed by atoms with E-state index in [1.54, 1.807) is 67.8 Å². The van der Waals surface area contributed by atoms with E-state index in [0.29, 0.717) is 33.0 Å². The average molecular weight is 605 g/mol. The van der Waals surface area contributed by atoms with Crippen molar-refractivity contribution in [3.05, 3.63) is 162 Å². The topological polar surface area (TPSA) is 78.9 Å². The Bertz CT molecular complexity index is 1650. The highest BCUT2D eigenvalue weighted by Gasteiger charge is 2.44. The Balaban J connectivity index is 1.62. The minimum Gasteiger partial charge on any atom is -0.497 e. The molecular weight excluding hydrogens is 571 g/mol. The van der Waals surface area contributed by atoms with E-state index in [0.717, 1.165) is 0 Å². The number of methoxy groups -OCH3 is 1. The first-order valence-electron chi connectivity index (χ1n) is 14.3. The van der Waals surface area contributed by atoms with Crippen LogP contribution in [-0.4, -0.2) is 31.3 Å². The number of carbonyl (C=O) groups is 2. The van der Waals surface area contributed by atoms with Gasteiger partial charge in [0.1, 0.15) is 19.0 Å². The molecule has 0 aliphatic carbocycles. The fourth-order valence-corrected chi connectivity index (χ4v) is 8.58. The highest BCUT2D eigenvalue weighted by molar-refractivity contribution is 7.79. The summed E-state index contributed by atoms with van der Waals surface area (Å²) in [5.41, 5.74) is 0.633. The van der Waals surface area contributed by atoms with Gasteiger partial charge in [-0.1, -0.05) is 109 Å². The zero-order chi connectivity index (χ0) is 30.8. The van der Waals surface area contributed by atoms with Gasteiger partial charge in [0.05, 0.1) is 30.5 Å². The molecule has 0 radical (unpaired) electrons. The molecule has 0 aliphatic heterocycles. The van der Waals surface area contributed by atoms with Gasteiger partial charge in [-0.05, 0) is 48.4 Å². The number of ether oxygens (including phenoxy) is 3. The molecule has 5 aromatic carbocycles.